The van der Waals surface area contributed by atoms with Crippen molar-refractivity contribution < 1.29 is 4.79 Å². The topological polar surface area (TPSA) is 29.4 Å². The molecule has 0 aromatic heterocycles. The van der Waals surface area contributed by atoms with Gasteiger partial charge in [-0.3, -0.25) is 9.79 Å². The first kappa shape index (κ1) is 8.91. The fraction of sp³-hybridized carbons (Fsp3) is 0.400. The number of carbonyl (C=O) groups excluding carboxylic acids is 1. The van der Waals surface area contributed by atoms with E-state index in [0.717, 1.165) is 22.4 Å². The smallest absolute Gasteiger partial charge is 0.184 e. The molecule has 1 rings (SSSR count). The van der Waals surface area contributed by atoms with Crippen LogP contribution in [0.2, 0.25) is 0 Å². The van der Waals surface area contributed by atoms with Gasteiger partial charge in [0.2, 0.25) is 0 Å². The molecular formula is C10H13NO. The molecule has 1 aliphatic carbocycles. The summed E-state index contributed by atoms with van der Waals surface area (Å²) in [5.74, 6) is 0.139. The van der Waals surface area contributed by atoms with Gasteiger partial charge in [0.05, 0.1) is 5.71 Å². The summed E-state index contributed by atoms with van der Waals surface area (Å²) < 4.78 is 0. The maximum atomic E-state index is 11.4. The second-order valence-corrected chi connectivity index (χ2v) is 3.02. The number of rotatable bonds is 0. The predicted molar refractivity (Wildman–Crippen MR) is 50.5 cm³/mol. The minimum Gasteiger partial charge on any atom is -0.289 e. The molecule has 12 heavy (non-hydrogen) atoms. The molecule has 0 heterocycles. The third-order valence-corrected chi connectivity index (χ3v) is 2.24. The van der Waals surface area contributed by atoms with E-state index in [4.69, 9.17) is 0 Å². The highest BCUT2D eigenvalue weighted by Crippen LogP contribution is 2.18. The van der Waals surface area contributed by atoms with Crippen molar-refractivity contribution >= 4 is 11.5 Å². The van der Waals surface area contributed by atoms with E-state index >= 15 is 0 Å². The van der Waals surface area contributed by atoms with Crippen molar-refractivity contribution in [1.82, 2.24) is 0 Å². The molecule has 1 aliphatic rings. The molecule has 0 unspecified atom stereocenters. The Morgan fingerprint density at radius 1 is 1.17 bits per heavy atom. The van der Waals surface area contributed by atoms with Crippen LogP contribution in [0.4, 0.5) is 0 Å². The highest BCUT2D eigenvalue weighted by Gasteiger charge is 2.17. The summed E-state index contributed by atoms with van der Waals surface area (Å²) in [6, 6.07) is 0. The molecule has 0 aliphatic heterocycles. The van der Waals surface area contributed by atoms with Crippen LogP contribution in [0.3, 0.4) is 0 Å². The highest BCUT2D eigenvalue weighted by molar-refractivity contribution is 6.23. The standard InChI is InChI=1S/C10H13NO/c1-6-5-9(11-4)7(2)8(3)10(6)12/h5H,1-4H3. The molecule has 2 heteroatoms. The van der Waals surface area contributed by atoms with E-state index in [1.165, 1.54) is 0 Å². The molecule has 0 spiro atoms. The summed E-state index contributed by atoms with van der Waals surface area (Å²) in [6.45, 7) is 5.60. The van der Waals surface area contributed by atoms with Crippen LogP contribution in [-0.4, -0.2) is 18.5 Å². The summed E-state index contributed by atoms with van der Waals surface area (Å²) in [5, 5.41) is 0. The SMILES string of the molecule is CN=C1C=C(C)C(=O)C(C)=C1C. The van der Waals surface area contributed by atoms with Gasteiger partial charge in [0.1, 0.15) is 0 Å². The number of ketones is 1. The molecule has 0 radical (unpaired) electrons. The number of carbonyl (C=O) groups is 1. The molecule has 0 N–H and O–H groups in total. The van der Waals surface area contributed by atoms with E-state index in [1.807, 2.05) is 26.8 Å². The van der Waals surface area contributed by atoms with Crippen molar-refractivity contribution in [3.8, 4) is 0 Å². The van der Waals surface area contributed by atoms with Crippen molar-refractivity contribution in [2.45, 2.75) is 20.8 Å². The number of nitrogens with zero attached hydrogens (tertiary/aromatic N) is 1. The molecule has 0 aromatic rings. The quantitative estimate of drug-likeness (QED) is 0.502. The Morgan fingerprint density at radius 2 is 1.75 bits per heavy atom. The van der Waals surface area contributed by atoms with Gasteiger partial charge in [0, 0.05) is 12.6 Å². The van der Waals surface area contributed by atoms with Gasteiger partial charge in [0.15, 0.2) is 5.78 Å². The lowest BCUT2D eigenvalue weighted by atomic mass is 9.92. The first-order valence-electron chi connectivity index (χ1n) is 3.95. The third-order valence-electron chi connectivity index (χ3n) is 2.24. The first-order valence-corrected chi connectivity index (χ1v) is 3.95. The van der Waals surface area contributed by atoms with Crippen molar-refractivity contribution in [3.63, 3.8) is 0 Å². The Bertz CT molecular complexity index is 319. The summed E-state index contributed by atoms with van der Waals surface area (Å²) in [6.07, 6.45) is 1.84. The maximum Gasteiger partial charge on any atom is 0.184 e. The molecule has 0 saturated carbocycles. The minimum atomic E-state index is 0.139. The van der Waals surface area contributed by atoms with E-state index in [1.54, 1.807) is 7.05 Å². The molecule has 0 bridgehead atoms. The number of hydrogen-bond donors (Lipinski definition) is 0. The Kier molecular flexibility index (Phi) is 2.27. The zero-order valence-corrected chi connectivity index (χ0v) is 7.93. The fourth-order valence-electron chi connectivity index (χ4n) is 1.27. The van der Waals surface area contributed by atoms with Crippen LogP contribution in [0.5, 0.6) is 0 Å². The lowest BCUT2D eigenvalue weighted by Crippen LogP contribution is -2.14. The van der Waals surface area contributed by atoms with Crippen molar-refractivity contribution in [1.29, 1.82) is 0 Å². The molecule has 0 fully saturated rings. The summed E-state index contributed by atoms with van der Waals surface area (Å²) in [7, 11) is 1.74. The second-order valence-electron chi connectivity index (χ2n) is 3.02. The summed E-state index contributed by atoms with van der Waals surface area (Å²) >= 11 is 0. The van der Waals surface area contributed by atoms with Crippen molar-refractivity contribution in [2.75, 3.05) is 7.05 Å². The minimum absolute atomic E-state index is 0.139. The van der Waals surface area contributed by atoms with Gasteiger partial charge in [0.25, 0.3) is 0 Å². The van der Waals surface area contributed by atoms with Crippen LogP contribution < -0.4 is 0 Å². The summed E-state index contributed by atoms with van der Waals surface area (Å²) in [4.78, 5) is 15.5. The van der Waals surface area contributed by atoms with Crippen molar-refractivity contribution in [3.05, 3.63) is 22.8 Å². The highest BCUT2D eigenvalue weighted by atomic mass is 16.1. The van der Waals surface area contributed by atoms with Crippen LogP contribution in [0, 0.1) is 0 Å². The van der Waals surface area contributed by atoms with Gasteiger partial charge < -0.3 is 0 Å². The van der Waals surface area contributed by atoms with E-state index in [-0.39, 0.29) is 5.78 Å². The number of allylic oxidation sites excluding steroid dienone is 4. The van der Waals surface area contributed by atoms with Gasteiger partial charge in [-0.25, -0.2) is 0 Å². The predicted octanol–water partition coefficient (Wildman–Crippen LogP) is 1.92. The Hall–Kier alpha value is -1.18. The first-order chi connectivity index (χ1) is 5.57. The van der Waals surface area contributed by atoms with Crippen LogP contribution in [-0.2, 0) is 4.79 Å². The monoisotopic (exact) mass is 163 g/mol. The lowest BCUT2D eigenvalue weighted by Gasteiger charge is -2.13. The molecule has 2 nitrogen and oxygen atoms in total. The molecule has 0 aromatic carbocycles. The van der Waals surface area contributed by atoms with Gasteiger partial charge in [-0.2, -0.15) is 0 Å². The van der Waals surface area contributed by atoms with Gasteiger partial charge >= 0.3 is 0 Å². The van der Waals surface area contributed by atoms with Crippen LogP contribution in [0.1, 0.15) is 20.8 Å². The molecule has 0 amide bonds. The molecule has 0 atom stereocenters. The lowest BCUT2D eigenvalue weighted by molar-refractivity contribution is -0.112. The molecule has 0 saturated heterocycles. The maximum absolute atomic E-state index is 11.4. The number of Topliss-reactive ketones (excluding diaryl/α,β-unsaturated/α-hetero) is 1. The fourth-order valence-corrected chi connectivity index (χ4v) is 1.27. The van der Waals surface area contributed by atoms with E-state index in [9.17, 15) is 4.79 Å². The zero-order valence-electron chi connectivity index (χ0n) is 7.93. The normalized spacial score (nSPS) is 21.8. The Labute approximate surface area is 72.7 Å². The van der Waals surface area contributed by atoms with Crippen LogP contribution in [0.15, 0.2) is 27.8 Å². The van der Waals surface area contributed by atoms with Crippen molar-refractivity contribution in [2.24, 2.45) is 4.99 Å². The van der Waals surface area contributed by atoms with E-state index < -0.39 is 0 Å². The van der Waals surface area contributed by atoms with Gasteiger partial charge in [-0.1, -0.05) is 0 Å². The third kappa shape index (κ3) is 1.24. The Balaban J connectivity index is 3.24. The average molecular weight is 163 g/mol. The Morgan fingerprint density at radius 3 is 2.25 bits per heavy atom. The van der Waals surface area contributed by atoms with E-state index in [2.05, 4.69) is 4.99 Å². The average Bonchev–Trinajstić information content (AvgIpc) is 2.08. The van der Waals surface area contributed by atoms with Crippen LogP contribution >= 0.6 is 0 Å². The zero-order chi connectivity index (χ0) is 9.30. The number of hydrogen-bond acceptors (Lipinski definition) is 2. The summed E-state index contributed by atoms with van der Waals surface area (Å²) in [5.41, 5.74) is 3.51. The largest absolute Gasteiger partial charge is 0.289 e. The second kappa shape index (κ2) is 3.05. The van der Waals surface area contributed by atoms with Gasteiger partial charge in [-0.15, -0.1) is 0 Å². The van der Waals surface area contributed by atoms with Gasteiger partial charge in [-0.05, 0) is 38.0 Å². The van der Waals surface area contributed by atoms with Crippen LogP contribution in [0.25, 0.3) is 0 Å². The molecular weight excluding hydrogens is 150 g/mol. The number of aliphatic imine (C=N–C) groups is 1. The van der Waals surface area contributed by atoms with E-state index in [0.29, 0.717) is 0 Å². The molecule has 64 valence electrons.